The van der Waals surface area contributed by atoms with Gasteiger partial charge >= 0.3 is 0 Å². The zero-order valence-corrected chi connectivity index (χ0v) is 18.3. The van der Waals surface area contributed by atoms with E-state index < -0.39 is 0 Å². The van der Waals surface area contributed by atoms with Crippen molar-refractivity contribution in [2.75, 3.05) is 26.9 Å². The van der Waals surface area contributed by atoms with Crippen LogP contribution in [-0.2, 0) is 4.79 Å². The number of carbonyl (C=O) groups excluding carboxylic acids is 1. The summed E-state index contributed by atoms with van der Waals surface area (Å²) in [6, 6.07) is 15.1. The van der Waals surface area contributed by atoms with E-state index in [1.165, 1.54) is 11.8 Å². The molecule has 2 aromatic rings. The van der Waals surface area contributed by atoms with E-state index in [9.17, 15) is 4.79 Å². The fourth-order valence-electron chi connectivity index (χ4n) is 2.76. The molecule has 0 N–H and O–H groups in total. The molecule has 5 nitrogen and oxygen atoms in total. The summed E-state index contributed by atoms with van der Waals surface area (Å²) < 4.78 is 17.3. The number of para-hydroxylation sites is 1. The lowest BCUT2D eigenvalue weighted by Gasteiger charge is -2.11. The van der Waals surface area contributed by atoms with Gasteiger partial charge in [0.1, 0.15) is 21.6 Å². The highest BCUT2D eigenvalue weighted by molar-refractivity contribution is 8.26. The highest BCUT2D eigenvalue weighted by Crippen LogP contribution is 2.34. The number of hydrogen-bond donors (Lipinski definition) is 0. The Morgan fingerprint density at radius 2 is 1.77 bits per heavy atom. The zero-order chi connectivity index (χ0) is 21.3. The molecule has 1 fully saturated rings. The maximum Gasteiger partial charge on any atom is 0.266 e. The van der Waals surface area contributed by atoms with Gasteiger partial charge in [-0.2, -0.15) is 0 Å². The Morgan fingerprint density at radius 3 is 2.50 bits per heavy atom. The summed E-state index contributed by atoms with van der Waals surface area (Å²) in [5.74, 6) is 2.20. The Morgan fingerprint density at radius 1 is 1.07 bits per heavy atom. The molecule has 0 spiro atoms. The number of hydrogen-bond acceptors (Lipinski definition) is 6. The summed E-state index contributed by atoms with van der Waals surface area (Å²) in [7, 11) is 1.63. The highest BCUT2D eigenvalue weighted by Gasteiger charge is 2.31. The van der Waals surface area contributed by atoms with Crippen LogP contribution in [0.25, 0.3) is 6.08 Å². The molecule has 1 amide bonds. The predicted molar refractivity (Wildman–Crippen MR) is 125 cm³/mol. The van der Waals surface area contributed by atoms with Crippen molar-refractivity contribution in [3.63, 3.8) is 0 Å². The van der Waals surface area contributed by atoms with E-state index in [-0.39, 0.29) is 5.91 Å². The Bertz CT molecular complexity index is 940. The van der Waals surface area contributed by atoms with E-state index in [0.717, 1.165) is 29.2 Å². The van der Waals surface area contributed by atoms with Crippen molar-refractivity contribution in [3.05, 3.63) is 71.7 Å². The van der Waals surface area contributed by atoms with Crippen LogP contribution in [0.1, 0.15) is 12.0 Å². The largest absolute Gasteiger partial charge is 0.497 e. The van der Waals surface area contributed by atoms with E-state index in [0.29, 0.717) is 29.0 Å². The van der Waals surface area contributed by atoms with Gasteiger partial charge in [0.15, 0.2) is 0 Å². The lowest BCUT2D eigenvalue weighted by atomic mass is 10.2. The molecule has 7 heteroatoms. The van der Waals surface area contributed by atoms with Gasteiger partial charge in [0, 0.05) is 18.5 Å². The summed E-state index contributed by atoms with van der Waals surface area (Å²) in [5, 5.41) is 0. The molecule has 0 aromatic heterocycles. The summed E-state index contributed by atoms with van der Waals surface area (Å²) in [6.45, 7) is 5.12. The van der Waals surface area contributed by atoms with Crippen molar-refractivity contribution < 1.29 is 19.0 Å². The number of nitrogens with zero attached hydrogens (tertiary/aromatic N) is 1. The first-order valence-electron chi connectivity index (χ1n) is 9.47. The SMILES string of the molecule is C=CCN1C(=O)C(=Cc2ccccc2OCCCOc2ccc(OC)cc2)SC1=S. The third-order valence-corrected chi connectivity index (χ3v) is 5.64. The van der Waals surface area contributed by atoms with Crippen LogP contribution >= 0.6 is 24.0 Å². The summed E-state index contributed by atoms with van der Waals surface area (Å²) in [5.41, 5.74) is 0.840. The predicted octanol–water partition coefficient (Wildman–Crippen LogP) is 4.93. The van der Waals surface area contributed by atoms with E-state index >= 15 is 0 Å². The van der Waals surface area contributed by atoms with Gasteiger partial charge in [-0.3, -0.25) is 9.69 Å². The quantitative estimate of drug-likeness (QED) is 0.226. The summed E-state index contributed by atoms with van der Waals surface area (Å²) in [4.78, 5) is 14.7. The standard InChI is InChI=1S/C23H23NO4S2/c1-3-13-24-22(25)21(30-23(24)29)16-17-7-4-5-8-20(17)28-15-6-14-27-19-11-9-18(26-2)10-12-19/h3-5,7-12,16H,1,6,13-15H2,2H3. The average Bonchev–Trinajstić information content (AvgIpc) is 3.03. The molecule has 0 bridgehead atoms. The monoisotopic (exact) mass is 441 g/mol. The van der Waals surface area contributed by atoms with Crippen molar-refractivity contribution in [3.8, 4) is 17.2 Å². The van der Waals surface area contributed by atoms with Crippen LogP contribution in [0.3, 0.4) is 0 Å². The Hall–Kier alpha value is -2.77. The summed E-state index contributed by atoms with van der Waals surface area (Å²) in [6.07, 6.45) is 4.21. The van der Waals surface area contributed by atoms with Crippen LogP contribution < -0.4 is 14.2 Å². The Labute approximate surface area is 186 Å². The van der Waals surface area contributed by atoms with E-state index in [1.807, 2.05) is 54.6 Å². The van der Waals surface area contributed by atoms with E-state index in [4.69, 9.17) is 26.4 Å². The molecule has 1 aliphatic rings. The molecule has 1 aliphatic heterocycles. The minimum atomic E-state index is -0.104. The number of thioether (sulfide) groups is 1. The van der Waals surface area contributed by atoms with Gasteiger partial charge < -0.3 is 14.2 Å². The van der Waals surface area contributed by atoms with Crippen molar-refractivity contribution >= 4 is 40.3 Å². The number of rotatable bonds is 10. The molecule has 30 heavy (non-hydrogen) atoms. The van der Waals surface area contributed by atoms with Crippen LogP contribution in [0.5, 0.6) is 17.2 Å². The van der Waals surface area contributed by atoms with E-state index in [2.05, 4.69) is 6.58 Å². The fourth-order valence-corrected chi connectivity index (χ4v) is 4.03. The van der Waals surface area contributed by atoms with Crippen LogP contribution in [0.4, 0.5) is 0 Å². The highest BCUT2D eigenvalue weighted by atomic mass is 32.2. The molecule has 0 atom stereocenters. The average molecular weight is 442 g/mol. The van der Waals surface area contributed by atoms with Crippen LogP contribution in [0, 0.1) is 0 Å². The number of amides is 1. The van der Waals surface area contributed by atoms with Crippen molar-refractivity contribution in [1.29, 1.82) is 0 Å². The second-order valence-electron chi connectivity index (χ2n) is 6.34. The van der Waals surface area contributed by atoms with Gasteiger partial charge in [-0.15, -0.1) is 6.58 Å². The number of benzene rings is 2. The maximum atomic E-state index is 12.5. The van der Waals surface area contributed by atoms with Crippen molar-refractivity contribution in [2.24, 2.45) is 0 Å². The first-order valence-corrected chi connectivity index (χ1v) is 10.7. The van der Waals surface area contributed by atoms with Crippen LogP contribution in [-0.4, -0.2) is 42.0 Å². The third kappa shape index (κ3) is 5.64. The van der Waals surface area contributed by atoms with Crippen LogP contribution in [0.15, 0.2) is 66.1 Å². The summed E-state index contributed by atoms with van der Waals surface area (Å²) >= 11 is 6.58. The van der Waals surface area contributed by atoms with Crippen molar-refractivity contribution in [2.45, 2.75) is 6.42 Å². The van der Waals surface area contributed by atoms with Gasteiger partial charge in [0.05, 0.1) is 25.2 Å². The van der Waals surface area contributed by atoms with E-state index in [1.54, 1.807) is 18.1 Å². The van der Waals surface area contributed by atoms with Gasteiger partial charge in [-0.05, 0) is 36.4 Å². The van der Waals surface area contributed by atoms with Gasteiger partial charge in [0.2, 0.25) is 0 Å². The molecule has 1 saturated heterocycles. The molecule has 0 unspecified atom stereocenters. The van der Waals surface area contributed by atoms with Gasteiger partial charge in [-0.25, -0.2) is 0 Å². The molecule has 1 heterocycles. The minimum Gasteiger partial charge on any atom is -0.497 e. The van der Waals surface area contributed by atoms with Gasteiger partial charge in [0.25, 0.3) is 5.91 Å². The molecule has 0 saturated carbocycles. The topological polar surface area (TPSA) is 48.0 Å². The second kappa shape index (κ2) is 10.8. The molecule has 2 aromatic carbocycles. The Balaban J connectivity index is 1.54. The second-order valence-corrected chi connectivity index (χ2v) is 8.02. The molecule has 156 valence electrons. The smallest absolute Gasteiger partial charge is 0.266 e. The number of ether oxygens (including phenoxy) is 3. The number of carbonyl (C=O) groups is 1. The molecule has 3 rings (SSSR count). The zero-order valence-electron chi connectivity index (χ0n) is 16.7. The van der Waals surface area contributed by atoms with Gasteiger partial charge in [-0.1, -0.05) is 48.3 Å². The Kier molecular flexibility index (Phi) is 7.93. The molecule has 0 radical (unpaired) electrons. The first kappa shape index (κ1) is 21.9. The lowest BCUT2D eigenvalue weighted by Crippen LogP contribution is -2.27. The number of methoxy groups -OCH3 is 1. The minimum absolute atomic E-state index is 0.104. The molecule has 0 aliphatic carbocycles. The molecular weight excluding hydrogens is 418 g/mol. The maximum absolute atomic E-state index is 12.5. The third-order valence-electron chi connectivity index (χ3n) is 4.27. The fraction of sp³-hybridized carbons (Fsp3) is 0.217. The van der Waals surface area contributed by atoms with Crippen LogP contribution in [0.2, 0.25) is 0 Å². The molecular formula is C23H23NO4S2. The number of thiocarbonyl (C=S) groups is 1. The normalized spacial score (nSPS) is 14.8. The van der Waals surface area contributed by atoms with Crippen molar-refractivity contribution in [1.82, 2.24) is 4.90 Å². The first-order chi connectivity index (χ1) is 14.6. The lowest BCUT2D eigenvalue weighted by molar-refractivity contribution is -0.121.